The third-order valence-corrected chi connectivity index (χ3v) is 5.65. The van der Waals surface area contributed by atoms with Crippen molar-refractivity contribution >= 4 is 34.4 Å². The second-order valence-corrected chi connectivity index (χ2v) is 7.74. The van der Waals surface area contributed by atoms with E-state index in [1.807, 2.05) is 26.0 Å². The normalized spacial score (nSPS) is 12.6. The van der Waals surface area contributed by atoms with E-state index in [0.717, 1.165) is 27.0 Å². The zero-order valence-corrected chi connectivity index (χ0v) is 16.5. The smallest absolute Gasteiger partial charge is 0.311 e. The molecule has 2 N–H and O–H groups in total. The van der Waals surface area contributed by atoms with Crippen LogP contribution in [0.4, 0.5) is 5.69 Å². The minimum absolute atomic E-state index is 0.119. The number of carbonyl (C=O) groups is 2. The minimum atomic E-state index is -0.530. The summed E-state index contributed by atoms with van der Waals surface area (Å²) in [7, 11) is 0. The Bertz CT molecular complexity index is 1350. The number of thiazole rings is 1. The fraction of sp³-hybridized carbons (Fsp3) is 0.143. The quantitative estimate of drug-likeness (QED) is 0.679. The van der Waals surface area contributed by atoms with Crippen LogP contribution < -0.4 is 20.8 Å². The standard InChI is InChI=1S/C21H17N3O4S/c1-11-7-8-14(12(2)9-11)22-16(25)10-24-20(27)18(29-21(24)28)17-13-5-3-4-6-15(13)23-19(17)26/h3-9,27H,10H2,1-2H3,(H,22,25). The van der Waals surface area contributed by atoms with Gasteiger partial charge < -0.3 is 10.4 Å². The third kappa shape index (κ3) is 3.38. The number of amides is 2. The van der Waals surface area contributed by atoms with E-state index >= 15 is 0 Å². The number of nitrogens with zero attached hydrogens (tertiary/aromatic N) is 2. The molecule has 29 heavy (non-hydrogen) atoms. The molecule has 1 aliphatic heterocycles. The van der Waals surface area contributed by atoms with Gasteiger partial charge in [0.25, 0.3) is 5.91 Å². The molecule has 0 atom stereocenters. The minimum Gasteiger partial charge on any atom is -0.493 e. The van der Waals surface area contributed by atoms with E-state index in [9.17, 15) is 19.5 Å². The number of carbonyl (C=O) groups excluding carboxylic acids is 2. The monoisotopic (exact) mass is 407 g/mol. The lowest BCUT2D eigenvalue weighted by Gasteiger charge is -2.10. The number of hydrogen-bond donors (Lipinski definition) is 2. The zero-order chi connectivity index (χ0) is 20.7. The highest BCUT2D eigenvalue weighted by molar-refractivity contribution is 7.11. The molecular weight excluding hydrogens is 390 g/mol. The Labute approximate surface area is 169 Å². The number of nitrogens with one attached hydrogen (secondary N) is 1. The largest absolute Gasteiger partial charge is 0.493 e. The maximum absolute atomic E-state index is 12.4. The van der Waals surface area contributed by atoms with Gasteiger partial charge in [-0.15, -0.1) is 0 Å². The molecule has 7 nitrogen and oxygen atoms in total. The summed E-state index contributed by atoms with van der Waals surface area (Å²) in [5.74, 6) is -1.38. The average molecular weight is 407 g/mol. The summed E-state index contributed by atoms with van der Waals surface area (Å²) in [6, 6.07) is 12.5. The molecule has 2 heterocycles. The molecule has 0 spiro atoms. The van der Waals surface area contributed by atoms with Gasteiger partial charge >= 0.3 is 4.87 Å². The van der Waals surface area contributed by atoms with E-state index in [4.69, 9.17) is 0 Å². The van der Waals surface area contributed by atoms with Gasteiger partial charge in [0.05, 0.1) is 10.9 Å². The summed E-state index contributed by atoms with van der Waals surface area (Å²) >= 11 is 0.719. The van der Waals surface area contributed by atoms with Crippen molar-refractivity contribution in [3.8, 4) is 5.88 Å². The van der Waals surface area contributed by atoms with Crippen LogP contribution in [0.1, 0.15) is 16.0 Å². The number of fused-ring (bicyclic) bond motifs is 1. The molecule has 4 rings (SSSR count). The molecule has 3 aromatic rings. The second-order valence-electron chi connectivity index (χ2n) is 6.78. The summed E-state index contributed by atoms with van der Waals surface area (Å²) in [6.45, 7) is 3.46. The molecule has 146 valence electrons. The van der Waals surface area contributed by atoms with Gasteiger partial charge in [-0.1, -0.05) is 47.2 Å². The summed E-state index contributed by atoms with van der Waals surface area (Å²) in [6.07, 6.45) is 0. The average Bonchev–Trinajstić information content (AvgIpc) is 3.14. The van der Waals surface area contributed by atoms with E-state index in [0.29, 0.717) is 16.3 Å². The molecule has 0 saturated heterocycles. The summed E-state index contributed by atoms with van der Waals surface area (Å²) in [5, 5.41) is 14.4. The lowest BCUT2D eigenvalue weighted by Crippen LogP contribution is -2.24. The zero-order valence-electron chi connectivity index (χ0n) is 15.7. The Morgan fingerprint density at radius 3 is 2.69 bits per heavy atom. The van der Waals surface area contributed by atoms with Gasteiger partial charge in [0.15, 0.2) is 0 Å². The summed E-state index contributed by atoms with van der Waals surface area (Å²) in [4.78, 5) is 40.7. The molecule has 2 amide bonds. The highest BCUT2D eigenvalue weighted by atomic mass is 32.1. The first-order chi connectivity index (χ1) is 13.8. The van der Waals surface area contributed by atoms with Crippen molar-refractivity contribution in [1.29, 1.82) is 0 Å². The SMILES string of the molecule is Cc1ccc(NC(=O)Cn2c(O)c(C3=c4ccccc4=NC3=O)sc2=O)c(C)c1. The number of rotatable bonds is 4. The highest BCUT2D eigenvalue weighted by Crippen LogP contribution is 2.28. The van der Waals surface area contributed by atoms with Crippen molar-refractivity contribution in [1.82, 2.24) is 4.57 Å². The molecule has 0 fully saturated rings. The Morgan fingerprint density at radius 2 is 1.93 bits per heavy atom. The molecule has 0 radical (unpaired) electrons. The van der Waals surface area contributed by atoms with Crippen LogP contribution in [0.15, 0.2) is 52.3 Å². The van der Waals surface area contributed by atoms with Crippen LogP contribution in [0.25, 0.3) is 5.57 Å². The van der Waals surface area contributed by atoms with Crippen molar-refractivity contribution in [2.75, 3.05) is 5.32 Å². The van der Waals surface area contributed by atoms with Gasteiger partial charge in [-0.25, -0.2) is 4.99 Å². The fourth-order valence-corrected chi connectivity index (χ4v) is 4.21. The summed E-state index contributed by atoms with van der Waals surface area (Å²) < 4.78 is 0.958. The lowest BCUT2D eigenvalue weighted by molar-refractivity contribution is -0.117. The highest BCUT2D eigenvalue weighted by Gasteiger charge is 2.26. The number of para-hydroxylation sites is 1. The molecule has 2 aromatic carbocycles. The van der Waals surface area contributed by atoms with E-state index in [-0.39, 0.29) is 17.0 Å². The number of benzene rings is 2. The topological polar surface area (TPSA) is 101 Å². The first-order valence-corrected chi connectivity index (χ1v) is 9.69. The number of hydrogen-bond acceptors (Lipinski definition) is 5. The molecule has 1 aliphatic rings. The Morgan fingerprint density at radius 1 is 1.17 bits per heavy atom. The van der Waals surface area contributed by atoms with Crippen LogP contribution in [0.2, 0.25) is 0 Å². The van der Waals surface area contributed by atoms with Crippen molar-refractivity contribution in [3.63, 3.8) is 0 Å². The molecule has 1 aromatic heterocycles. The third-order valence-electron chi connectivity index (χ3n) is 4.66. The van der Waals surface area contributed by atoms with E-state index in [2.05, 4.69) is 10.3 Å². The number of anilines is 1. The van der Waals surface area contributed by atoms with Crippen LogP contribution in [0.5, 0.6) is 5.88 Å². The van der Waals surface area contributed by atoms with Crippen LogP contribution in [0, 0.1) is 13.8 Å². The van der Waals surface area contributed by atoms with Crippen LogP contribution in [0.3, 0.4) is 0 Å². The van der Waals surface area contributed by atoms with Gasteiger partial charge in [0.2, 0.25) is 11.8 Å². The molecule has 0 saturated carbocycles. The first kappa shape index (κ1) is 18.8. The van der Waals surface area contributed by atoms with Crippen LogP contribution in [-0.4, -0.2) is 21.5 Å². The van der Waals surface area contributed by atoms with Gasteiger partial charge in [-0.3, -0.25) is 19.0 Å². The van der Waals surface area contributed by atoms with Crippen molar-refractivity contribution < 1.29 is 14.7 Å². The van der Waals surface area contributed by atoms with Crippen LogP contribution in [-0.2, 0) is 16.1 Å². The van der Waals surface area contributed by atoms with Crippen molar-refractivity contribution in [3.05, 3.63) is 78.7 Å². The first-order valence-electron chi connectivity index (χ1n) is 8.87. The lowest BCUT2D eigenvalue weighted by atomic mass is 10.1. The second kappa shape index (κ2) is 7.14. The van der Waals surface area contributed by atoms with E-state index in [1.54, 1.807) is 30.3 Å². The van der Waals surface area contributed by atoms with Gasteiger partial charge in [0, 0.05) is 10.9 Å². The van der Waals surface area contributed by atoms with Gasteiger partial charge in [-0.05, 0) is 31.5 Å². The Balaban J connectivity index is 1.67. The molecule has 0 unspecified atom stereocenters. The van der Waals surface area contributed by atoms with Crippen LogP contribution >= 0.6 is 11.3 Å². The maximum Gasteiger partial charge on any atom is 0.311 e. The van der Waals surface area contributed by atoms with Crippen molar-refractivity contribution in [2.45, 2.75) is 20.4 Å². The fourth-order valence-electron chi connectivity index (χ4n) is 3.27. The van der Waals surface area contributed by atoms with Crippen molar-refractivity contribution in [2.24, 2.45) is 4.99 Å². The summed E-state index contributed by atoms with van der Waals surface area (Å²) in [5.41, 5.74) is 2.78. The van der Waals surface area contributed by atoms with E-state index < -0.39 is 22.6 Å². The molecule has 0 aliphatic carbocycles. The number of aromatic hydroxyl groups is 1. The predicted molar refractivity (Wildman–Crippen MR) is 110 cm³/mol. The van der Waals surface area contributed by atoms with Gasteiger partial charge in [-0.2, -0.15) is 0 Å². The van der Waals surface area contributed by atoms with Gasteiger partial charge in [0.1, 0.15) is 11.4 Å². The molecule has 8 heteroatoms. The Hall–Kier alpha value is -3.52. The molecule has 0 bridgehead atoms. The number of aryl methyl sites for hydroxylation is 2. The predicted octanol–water partition coefficient (Wildman–Crippen LogP) is 1.23. The number of aromatic nitrogens is 1. The Kier molecular flexibility index (Phi) is 4.63. The van der Waals surface area contributed by atoms with E-state index in [1.165, 1.54) is 0 Å². The molecular formula is C21H17N3O4S. The maximum atomic E-state index is 12.4.